The van der Waals surface area contributed by atoms with Gasteiger partial charge in [-0.15, -0.1) is 0 Å². The first-order valence-corrected chi connectivity index (χ1v) is 14.4. The molecular weight excluding hydrogens is 572 g/mol. The lowest BCUT2D eigenvalue weighted by Gasteiger charge is -2.25. The van der Waals surface area contributed by atoms with Crippen molar-refractivity contribution in [3.05, 3.63) is 109 Å². The topological polar surface area (TPSA) is 136 Å². The number of carbonyl (C=O) groups excluding carboxylic acids is 2. The number of para-hydroxylation sites is 1. The minimum absolute atomic E-state index is 0.00373. The van der Waals surface area contributed by atoms with Crippen LogP contribution in [0, 0.1) is 0 Å². The number of nitrogens with one attached hydrogen (secondary N) is 2. The number of carbonyl (C=O) groups is 2. The van der Waals surface area contributed by atoms with Crippen molar-refractivity contribution in [2.24, 2.45) is 5.10 Å². The molecule has 0 atom stereocenters. The molecule has 0 unspecified atom stereocenters. The van der Waals surface area contributed by atoms with Crippen molar-refractivity contribution in [2.75, 3.05) is 37.0 Å². The molecule has 0 aromatic heterocycles. The van der Waals surface area contributed by atoms with Gasteiger partial charge in [-0.25, -0.2) is 13.8 Å². The Morgan fingerprint density at radius 3 is 2.12 bits per heavy atom. The van der Waals surface area contributed by atoms with Crippen molar-refractivity contribution in [1.29, 1.82) is 0 Å². The number of hydrazone groups is 1. The van der Waals surface area contributed by atoms with E-state index in [0.717, 1.165) is 4.31 Å². The van der Waals surface area contributed by atoms with Gasteiger partial charge in [-0.3, -0.25) is 13.9 Å². The SMILES string of the molecule is COc1ccc(N(CC(=O)N/N=C\c2ccc(OCC(=O)Nc3ccccc3)cc2)S(=O)(=O)c2ccccc2)c(OC)c1. The van der Waals surface area contributed by atoms with Crippen LogP contribution in [0.15, 0.2) is 113 Å². The molecule has 0 aliphatic rings. The standard InChI is InChI=1S/C31H30N4O7S/c1-40-26-17-18-28(29(19-26)41-2)35(43(38,39)27-11-7-4-8-12-27)21-30(36)34-32-20-23-13-15-25(16-14-23)42-22-31(37)33-24-9-5-3-6-10-24/h3-20H,21-22H2,1-2H3,(H,33,37)(H,34,36)/b32-20-. The van der Waals surface area contributed by atoms with Gasteiger partial charge in [0.25, 0.3) is 21.8 Å². The molecule has 0 heterocycles. The van der Waals surface area contributed by atoms with Crippen molar-refractivity contribution in [3.8, 4) is 17.2 Å². The molecule has 2 N–H and O–H groups in total. The Labute approximate surface area is 249 Å². The molecule has 11 nitrogen and oxygen atoms in total. The van der Waals surface area contributed by atoms with Crippen molar-refractivity contribution >= 4 is 39.4 Å². The first-order chi connectivity index (χ1) is 20.8. The van der Waals surface area contributed by atoms with Crippen molar-refractivity contribution in [2.45, 2.75) is 4.90 Å². The second kappa shape index (κ2) is 14.5. The molecule has 0 saturated carbocycles. The van der Waals surface area contributed by atoms with Gasteiger partial charge in [-0.05, 0) is 66.2 Å². The summed E-state index contributed by atoms with van der Waals surface area (Å²) in [6, 6.07) is 28.1. The lowest BCUT2D eigenvalue weighted by Crippen LogP contribution is -2.39. The highest BCUT2D eigenvalue weighted by atomic mass is 32.2. The first kappa shape index (κ1) is 30.6. The monoisotopic (exact) mass is 602 g/mol. The molecule has 0 aliphatic carbocycles. The maximum Gasteiger partial charge on any atom is 0.264 e. The number of ether oxygens (including phenoxy) is 3. The summed E-state index contributed by atoms with van der Waals surface area (Å²) in [5, 5.41) is 6.70. The number of sulfonamides is 1. The largest absolute Gasteiger partial charge is 0.497 e. The van der Waals surface area contributed by atoms with E-state index < -0.39 is 22.5 Å². The maximum absolute atomic E-state index is 13.6. The Morgan fingerprint density at radius 2 is 1.47 bits per heavy atom. The molecule has 0 radical (unpaired) electrons. The van der Waals surface area contributed by atoms with Gasteiger partial charge in [0.15, 0.2) is 6.61 Å². The predicted molar refractivity (Wildman–Crippen MR) is 163 cm³/mol. The van der Waals surface area contributed by atoms with E-state index in [1.165, 1.54) is 44.7 Å². The average Bonchev–Trinajstić information content (AvgIpc) is 3.04. The molecule has 4 rings (SSSR count). The normalized spacial score (nSPS) is 11.0. The Morgan fingerprint density at radius 1 is 0.814 bits per heavy atom. The lowest BCUT2D eigenvalue weighted by atomic mass is 10.2. The summed E-state index contributed by atoms with van der Waals surface area (Å²) < 4.78 is 44.3. The van der Waals surface area contributed by atoms with Crippen LogP contribution in [0.3, 0.4) is 0 Å². The minimum atomic E-state index is -4.16. The van der Waals surface area contributed by atoms with Crippen LogP contribution in [0.2, 0.25) is 0 Å². The summed E-state index contributed by atoms with van der Waals surface area (Å²) in [7, 11) is -1.28. The van der Waals surface area contributed by atoms with Crippen LogP contribution in [0.5, 0.6) is 17.2 Å². The minimum Gasteiger partial charge on any atom is -0.497 e. The van der Waals surface area contributed by atoms with E-state index in [1.54, 1.807) is 60.7 Å². The third-order valence-corrected chi connectivity index (χ3v) is 7.76. The fourth-order valence-corrected chi connectivity index (χ4v) is 5.32. The van der Waals surface area contributed by atoms with Crippen LogP contribution in [0.4, 0.5) is 11.4 Å². The quantitative estimate of drug-likeness (QED) is 0.174. The summed E-state index contributed by atoms with van der Waals surface area (Å²) in [6.07, 6.45) is 1.40. The summed E-state index contributed by atoms with van der Waals surface area (Å²) in [5.74, 6) is 0.154. The van der Waals surface area contributed by atoms with Gasteiger partial charge >= 0.3 is 0 Å². The molecule has 0 bridgehead atoms. The number of hydrogen-bond donors (Lipinski definition) is 2. The lowest BCUT2D eigenvalue weighted by molar-refractivity contribution is -0.119. The molecule has 0 saturated heterocycles. The Kier molecular flexibility index (Phi) is 10.3. The summed E-state index contributed by atoms with van der Waals surface area (Å²) >= 11 is 0. The van der Waals surface area contributed by atoms with Gasteiger partial charge < -0.3 is 19.5 Å². The number of rotatable bonds is 13. The van der Waals surface area contributed by atoms with E-state index in [4.69, 9.17) is 14.2 Å². The molecule has 43 heavy (non-hydrogen) atoms. The van der Waals surface area contributed by atoms with Gasteiger partial charge in [-0.2, -0.15) is 5.10 Å². The third kappa shape index (κ3) is 8.33. The first-order valence-electron chi connectivity index (χ1n) is 13.0. The van der Waals surface area contributed by atoms with Gasteiger partial charge in [-0.1, -0.05) is 36.4 Å². The number of anilines is 2. The van der Waals surface area contributed by atoms with Crippen molar-refractivity contribution in [1.82, 2.24) is 5.43 Å². The molecule has 12 heteroatoms. The van der Waals surface area contributed by atoms with Crippen LogP contribution in [-0.4, -0.2) is 53.8 Å². The van der Waals surface area contributed by atoms with E-state index in [2.05, 4.69) is 15.8 Å². The van der Waals surface area contributed by atoms with E-state index >= 15 is 0 Å². The molecule has 2 amide bonds. The van der Waals surface area contributed by atoms with Crippen molar-refractivity contribution < 1.29 is 32.2 Å². The number of hydrogen-bond acceptors (Lipinski definition) is 8. The molecule has 0 spiro atoms. The molecule has 4 aromatic rings. The molecule has 0 fully saturated rings. The highest BCUT2D eigenvalue weighted by Crippen LogP contribution is 2.35. The highest BCUT2D eigenvalue weighted by molar-refractivity contribution is 7.92. The number of amides is 2. The molecule has 0 aliphatic heterocycles. The van der Waals surface area contributed by atoms with Gasteiger partial charge in [0.1, 0.15) is 23.8 Å². The van der Waals surface area contributed by atoms with Crippen LogP contribution >= 0.6 is 0 Å². The Bertz CT molecular complexity index is 1660. The van der Waals surface area contributed by atoms with Crippen molar-refractivity contribution in [3.63, 3.8) is 0 Å². The average molecular weight is 603 g/mol. The van der Waals surface area contributed by atoms with E-state index in [1.807, 2.05) is 18.2 Å². The van der Waals surface area contributed by atoms with Crippen LogP contribution in [0.25, 0.3) is 0 Å². The molecule has 222 valence electrons. The van der Waals surface area contributed by atoms with Crippen LogP contribution in [-0.2, 0) is 19.6 Å². The fraction of sp³-hybridized carbons (Fsp3) is 0.129. The van der Waals surface area contributed by atoms with Crippen LogP contribution < -0.4 is 29.3 Å². The number of methoxy groups -OCH3 is 2. The Balaban J connectivity index is 1.40. The fourth-order valence-electron chi connectivity index (χ4n) is 3.87. The van der Waals surface area contributed by atoms with Crippen LogP contribution in [0.1, 0.15) is 5.56 Å². The Hall–Kier alpha value is -5.36. The zero-order valence-electron chi connectivity index (χ0n) is 23.5. The van der Waals surface area contributed by atoms with Gasteiger partial charge in [0, 0.05) is 11.8 Å². The molecular formula is C31H30N4O7S. The third-order valence-electron chi connectivity index (χ3n) is 5.98. The number of nitrogens with zero attached hydrogens (tertiary/aromatic N) is 2. The van der Waals surface area contributed by atoms with E-state index in [0.29, 0.717) is 22.7 Å². The zero-order chi connectivity index (χ0) is 30.7. The van der Waals surface area contributed by atoms with E-state index in [9.17, 15) is 18.0 Å². The molecule has 4 aromatic carbocycles. The predicted octanol–water partition coefficient (Wildman–Crippen LogP) is 4.07. The van der Waals surface area contributed by atoms with Gasteiger partial charge in [0.2, 0.25) is 0 Å². The summed E-state index contributed by atoms with van der Waals surface area (Å²) in [4.78, 5) is 25.0. The summed E-state index contributed by atoms with van der Waals surface area (Å²) in [6.45, 7) is -0.741. The second-order valence-corrected chi connectivity index (χ2v) is 10.8. The second-order valence-electron chi connectivity index (χ2n) is 8.93. The number of benzene rings is 4. The van der Waals surface area contributed by atoms with E-state index in [-0.39, 0.29) is 28.8 Å². The highest BCUT2D eigenvalue weighted by Gasteiger charge is 2.29. The maximum atomic E-state index is 13.6. The summed E-state index contributed by atoms with van der Waals surface area (Å²) in [5.41, 5.74) is 3.83. The smallest absolute Gasteiger partial charge is 0.264 e. The zero-order valence-corrected chi connectivity index (χ0v) is 24.3. The van der Waals surface area contributed by atoms with Gasteiger partial charge in [0.05, 0.1) is 31.0 Å².